The molecule has 0 bridgehead atoms. The molecule has 5 nitrogen and oxygen atoms in total. The van der Waals surface area contributed by atoms with Crippen molar-refractivity contribution in [3.63, 3.8) is 0 Å². The third-order valence-corrected chi connectivity index (χ3v) is 6.48. The predicted octanol–water partition coefficient (Wildman–Crippen LogP) is 5.13. The normalized spacial score (nSPS) is 14.4. The summed E-state index contributed by atoms with van der Waals surface area (Å²) in [5.41, 5.74) is 0.884. The van der Waals surface area contributed by atoms with Crippen LogP contribution in [0.5, 0.6) is 0 Å². The van der Waals surface area contributed by atoms with E-state index in [9.17, 15) is 13.6 Å². The van der Waals surface area contributed by atoms with Crippen molar-refractivity contribution in [3.8, 4) is 0 Å². The van der Waals surface area contributed by atoms with Crippen molar-refractivity contribution < 1.29 is 18.3 Å². The molecule has 3 aromatic rings. The van der Waals surface area contributed by atoms with Gasteiger partial charge < -0.3 is 4.74 Å². The summed E-state index contributed by atoms with van der Waals surface area (Å²) in [6.07, 6.45) is 0.731. The lowest BCUT2D eigenvalue weighted by Gasteiger charge is -2.27. The molecule has 1 saturated heterocycles. The van der Waals surface area contributed by atoms with Crippen LogP contribution in [0.3, 0.4) is 0 Å². The number of hydrogen-bond donors (Lipinski definition) is 0. The number of hydrogen-bond acceptors (Lipinski definition) is 5. The van der Waals surface area contributed by atoms with E-state index in [1.54, 1.807) is 4.90 Å². The minimum absolute atomic E-state index is 0. The zero-order chi connectivity index (χ0) is 21.1. The van der Waals surface area contributed by atoms with Crippen molar-refractivity contribution in [3.05, 3.63) is 58.1 Å². The fraction of sp³-hybridized carbons (Fsp3) is 0.333. The number of thiazole rings is 1. The number of nitrogens with zero attached hydrogens (tertiary/aromatic N) is 3. The molecule has 0 spiro atoms. The highest BCUT2D eigenvalue weighted by atomic mass is 79.9. The topological polar surface area (TPSA) is 45.7 Å². The first-order chi connectivity index (χ1) is 14.5. The summed E-state index contributed by atoms with van der Waals surface area (Å²) in [7, 11) is 0. The van der Waals surface area contributed by atoms with Gasteiger partial charge >= 0.3 is 0 Å². The van der Waals surface area contributed by atoms with E-state index >= 15 is 0 Å². The average Bonchev–Trinajstić information content (AvgIpc) is 3.16. The molecular weight excluding hydrogens is 512 g/mol. The first-order valence-electron chi connectivity index (χ1n) is 9.64. The van der Waals surface area contributed by atoms with Gasteiger partial charge in [0.25, 0.3) is 5.91 Å². The minimum Gasteiger partial charge on any atom is -0.379 e. The van der Waals surface area contributed by atoms with E-state index < -0.39 is 17.5 Å². The molecule has 31 heavy (non-hydrogen) atoms. The Bertz CT molecular complexity index is 1060. The van der Waals surface area contributed by atoms with Gasteiger partial charge in [0, 0.05) is 36.2 Å². The van der Waals surface area contributed by atoms with Gasteiger partial charge in [0.1, 0.15) is 0 Å². The standard InChI is InChI=1S/C21H20BrF2N3O2S.ClH/c22-15-3-5-18-19(13-15)30-21(25-18)27(7-1-6-26-8-10-29-11-9-26)20(28)14-2-4-16(23)17(24)12-14;/h2-5,12-13H,1,6-11H2;1H. The van der Waals surface area contributed by atoms with Gasteiger partial charge in [-0.15, -0.1) is 12.4 Å². The van der Waals surface area contributed by atoms with Crippen molar-refractivity contribution in [1.29, 1.82) is 0 Å². The molecule has 0 saturated carbocycles. The van der Waals surface area contributed by atoms with Crippen LogP contribution in [0.2, 0.25) is 0 Å². The second-order valence-electron chi connectivity index (χ2n) is 7.00. The number of halogens is 4. The van der Waals surface area contributed by atoms with E-state index in [0.29, 0.717) is 24.9 Å². The van der Waals surface area contributed by atoms with Crippen LogP contribution >= 0.6 is 39.7 Å². The molecule has 1 fully saturated rings. The molecular formula is C21H21BrClF2N3O2S. The number of morpholine rings is 1. The molecule has 2 heterocycles. The van der Waals surface area contributed by atoms with Crippen LogP contribution in [0.4, 0.5) is 13.9 Å². The van der Waals surface area contributed by atoms with E-state index in [1.807, 2.05) is 18.2 Å². The monoisotopic (exact) mass is 531 g/mol. The molecule has 0 aliphatic carbocycles. The summed E-state index contributed by atoms with van der Waals surface area (Å²) in [5.74, 6) is -2.41. The van der Waals surface area contributed by atoms with E-state index in [0.717, 1.165) is 52.9 Å². The molecule has 2 aromatic carbocycles. The fourth-order valence-corrected chi connectivity index (χ4v) is 4.89. The van der Waals surface area contributed by atoms with Gasteiger partial charge in [0.05, 0.1) is 23.4 Å². The molecule has 0 atom stereocenters. The van der Waals surface area contributed by atoms with Crippen LogP contribution in [0.25, 0.3) is 10.2 Å². The lowest BCUT2D eigenvalue weighted by atomic mass is 10.2. The number of carbonyl (C=O) groups excluding carboxylic acids is 1. The molecule has 1 amide bonds. The summed E-state index contributed by atoms with van der Waals surface area (Å²) in [6.45, 7) is 4.41. The number of benzene rings is 2. The second-order valence-corrected chi connectivity index (χ2v) is 8.93. The van der Waals surface area contributed by atoms with Crippen LogP contribution in [-0.4, -0.2) is 55.2 Å². The average molecular weight is 533 g/mol. The Morgan fingerprint density at radius 2 is 1.94 bits per heavy atom. The zero-order valence-electron chi connectivity index (χ0n) is 16.5. The molecule has 0 radical (unpaired) electrons. The van der Waals surface area contributed by atoms with Crippen molar-refractivity contribution in [2.75, 3.05) is 44.3 Å². The highest BCUT2D eigenvalue weighted by Gasteiger charge is 2.23. The summed E-state index contributed by atoms with van der Waals surface area (Å²) in [4.78, 5) is 21.7. The van der Waals surface area contributed by atoms with Crippen LogP contribution in [0, 0.1) is 11.6 Å². The molecule has 0 unspecified atom stereocenters. The predicted molar refractivity (Wildman–Crippen MR) is 124 cm³/mol. The largest absolute Gasteiger partial charge is 0.379 e. The number of anilines is 1. The maximum atomic E-state index is 13.7. The number of ether oxygens (including phenoxy) is 1. The Labute approximate surface area is 197 Å². The Hall–Kier alpha value is -1.65. The summed E-state index contributed by atoms with van der Waals surface area (Å²) in [5, 5.41) is 0.541. The van der Waals surface area contributed by atoms with Gasteiger partial charge in [-0.1, -0.05) is 27.3 Å². The molecule has 10 heteroatoms. The van der Waals surface area contributed by atoms with Crippen molar-refractivity contribution in [2.24, 2.45) is 0 Å². The van der Waals surface area contributed by atoms with Gasteiger partial charge in [0.2, 0.25) is 0 Å². The van der Waals surface area contributed by atoms with Gasteiger partial charge in [-0.3, -0.25) is 14.6 Å². The first-order valence-corrected chi connectivity index (χ1v) is 11.3. The lowest BCUT2D eigenvalue weighted by Crippen LogP contribution is -2.39. The van der Waals surface area contributed by atoms with E-state index in [1.165, 1.54) is 17.4 Å². The quantitative estimate of drug-likeness (QED) is 0.442. The smallest absolute Gasteiger partial charge is 0.260 e. The Morgan fingerprint density at radius 3 is 2.68 bits per heavy atom. The van der Waals surface area contributed by atoms with Crippen LogP contribution in [0.1, 0.15) is 16.8 Å². The number of aromatic nitrogens is 1. The number of amides is 1. The van der Waals surface area contributed by atoms with E-state index in [2.05, 4.69) is 25.8 Å². The second kappa shape index (κ2) is 10.8. The highest BCUT2D eigenvalue weighted by molar-refractivity contribution is 9.10. The first kappa shape index (κ1) is 24.0. The molecule has 1 aliphatic rings. The fourth-order valence-electron chi connectivity index (χ4n) is 3.35. The number of rotatable bonds is 6. The Kier molecular flexibility index (Phi) is 8.35. The maximum Gasteiger partial charge on any atom is 0.260 e. The third kappa shape index (κ3) is 5.78. The SMILES string of the molecule is Cl.O=C(c1ccc(F)c(F)c1)N(CCCN1CCOCC1)c1nc2ccc(Br)cc2s1. The molecule has 1 aromatic heterocycles. The van der Waals surface area contributed by atoms with Crippen molar-refractivity contribution in [2.45, 2.75) is 6.42 Å². The van der Waals surface area contributed by atoms with Crippen molar-refractivity contribution >= 4 is 60.9 Å². The van der Waals surface area contributed by atoms with Gasteiger partial charge in [-0.2, -0.15) is 0 Å². The van der Waals surface area contributed by atoms with Gasteiger partial charge in [0.15, 0.2) is 16.8 Å². The lowest BCUT2D eigenvalue weighted by molar-refractivity contribution is 0.0376. The highest BCUT2D eigenvalue weighted by Crippen LogP contribution is 2.32. The van der Waals surface area contributed by atoms with E-state index in [4.69, 9.17) is 4.74 Å². The number of carbonyl (C=O) groups is 1. The maximum absolute atomic E-state index is 13.7. The Balaban J connectivity index is 0.00000272. The summed E-state index contributed by atoms with van der Waals surface area (Å²) < 4.78 is 34.3. The van der Waals surface area contributed by atoms with E-state index in [-0.39, 0.29) is 18.0 Å². The minimum atomic E-state index is -1.04. The molecule has 0 N–H and O–H groups in total. The van der Waals surface area contributed by atoms with Crippen LogP contribution in [-0.2, 0) is 4.74 Å². The zero-order valence-corrected chi connectivity index (χ0v) is 19.7. The molecule has 1 aliphatic heterocycles. The molecule has 166 valence electrons. The van der Waals surface area contributed by atoms with Crippen LogP contribution in [0.15, 0.2) is 40.9 Å². The summed E-state index contributed by atoms with van der Waals surface area (Å²) in [6, 6.07) is 8.95. The van der Waals surface area contributed by atoms with Crippen molar-refractivity contribution in [1.82, 2.24) is 9.88 Å². The van der Waals surface area contributed by atoms with Gasteiger partial charge in [-0.05, 0) is 42.8 Å². The third-order valence-electron chi connectivity index (χ3n) is 4.94. The number of fused-ring (bicyclic) bond motifs is 1. The summed E-state index contributed by atoms with van der Waals surface area (Å²) >= 11 is 4.85. The van der Waals surface area contributed by atoms with Crippen LogP contribution < -0.4 is 4.90 Å². The van der Waals surface area contributed by atoms with Gasteiger partial charge in [-0.25, -0.2) is 13.8 Å². The Morgan fingerprint density at radius 1 is 1.16 bits per heavy atom. The molecule has 4 rings (SSSR count).